The molecule has 1 aliphatic rings. The van der Waals surface area contributed by atoms with Crippen LogP contribution in [0.25, 0.3) is 11.0 Å². The topological polar surface area (TPSA) is 102 Å². The standard InChI is InChI=1S/C26H34N6O4/c1-5-31-20-8-6-7-9-21(20)32(24(31)34)13-12-23(33)28-22-11-10-19(18-27-22)29-14-16-30(17-15-29)25(35)36-26(2,3)4/h6-11,18H,5,12-17H2,1-4H3,(H,27,28,33). The summed E-state index contributed by atoms with van der Waals surface area (Å²) in [5, 5.41) is 2.81. The average molecular weight is 495 g/mol. The van der Waals surface area contributed by atoms with E-state index in [1.807, 2.05) is 58.0 Å². The third-order valence-electron chi connectivity index (χ3n) is 6.12. The molecule has 10 heteroatoms. The molecule has 1 aromatic carbocycles. The summed E-state index contributed by atoms with van der Waals surface area (Å²) in [6.45, 7) is 10.9. The van der Waals surface area contributed by atoms with Gasteiger partial charge in [-0.15, -0.1) is 0 Å². The van der Waals surface area contributed by atoms with Crippen molar-refractivity contribution < 1.29 is 14.3 Å². The van der Waals surface area contributed by atoms with Crippen molar-refractivity contribution in [1.82, 2.24) is 19.0 Å². The van der Waals surface area contributed by atoms with E-state index in [0.717, 1.165) is 16.7 Å². The van der Waals surface area contributed by atoms with E-state index in [-0.39, 0.29) is 30.7 Å². The summed E-state index contributed by atoms with van der Waals surface area (Å²) in [7, 11) is 0. The second kappa shape index (κ2) is 10.4. The quantitative estimate of drug-likeness (QED) is 0.564. The van der Waals surface area contributed by atoms with E-state index in [9.17, 15) is 14.4 Å². The summed E-state index contributed by atoms with van der Waals surface area (Å²) in [6, 6.07) is 11.3. The highest BCUT2D eigenvalue weighted by molar-refractivity contribution is 5.90. The predicted octanol–water partition coefficient (Wildman–Crippen LogP) is 3.30. The number of rotatable bonds is 6. The Kier molecular flexibility index (Phi) is 7.32. The van der Waals surface area contributed by atoms with Gasteiger partial charge in [0, 0.05) is 45.7 Å². The summed E-state index contributed by atoms with van der Waals surface area (Å²) < 4.78 is 8.80. The first-order valence-corrected chi connectivity index (χ1v) is 12.3. The molecule has 0 aliphatic carbocycles. The molecule has 0 spiro atoms. The number of para-hydroxylation sites is 2. The van der Waals surface area contributed by atoms with Crippen molar-refractivity contribution in [3.8, 4) is 0 Å². The largest absolute Gasteiger partial charge is 0.444 e. The number of nitrogens with one attached hydrogen (secondary N) is 1. The van der Waals surface area contributed by atoms with Crippen molar-refractivity contribution in [2.45, 2.75) is 52.8 Å². The van der Waals surface area contributed by atoms with Gasteiger partial charge >= 0.3 is 11.8 Å². The molecule has 3 heterocycles. The Morgan fingerprint density at radius 3 is 2.25 bits per heavy atom. The van der Waals surface area contributed by atoms with Crippen LogP contribution in [-0.4, -0.2) is 62.8 Å². The molecule has 1 aliphatic heterocycles. The first kappa shape index (κ1) is 25.3. The van der Waals surface area contributed by atoms with Crippen molar-refractivity contribution in [3.63, 3.8) is 0 Å². The minimum Gasteiger partial charge on any atom is -0.444 e. The number of hydrogen-bond donors (Lipinski definition) is 1. The van der Waals surface area contributed by atoms with E-state index in [0.29, 0.717) is 38.5 Å². The van der Waals surface area contributed by atoms with Gasteiger partial charge in [0.05, 0.1) is 22.9 Å². The predicted molar refractivity (Wildman–Crippen MR) is 139 cm³/mol. The molecule has 2 aromatic heterocycles. The zero-order valence-electron chi connectivity index (χ0n) is 21.4. The van der Waals surface area contributed by atoms with E-state index in [1.54, 1.807) is 26.3 Å². The van der Waals surface area contributed by atoms with Crippen LogP contribution in [0.5, 0.6) is 0 Å². The third-order valence-corrected chi connectivity index (χ3v) is 6.12. The number of carbonyl (C=O) groups is 2. The second-order valence-corrected chi connectivity index (χ2v) is 9.82. The van der Waals surface area contributed by atoms with Crippen LogP contribution in [0.4, 0.5) is 16.3 Å². The molecule has 3 aromatic rings. The van der Waals surface area contributed by atoms with Gasteiger partial charge in [0.1, 0.15) is 11.4 Å². The number of hydrogen-bond acceptors (Lipinski definition) is 6. The van der Waals surface area contributed by atoms with E-state index < -0.39 is 5.60 Å². The molecule has 1 fully saturated rings. The molecule has 2 amide bonds. The molecular formula is C26H34N6O4. The van der Waals surface area contributed by atoms with Gasteiger partial charge < -0.3 is 19.9 Å². The molecular weight excluding hydrogens is 460 g/mol. The van der Waals surface area contributed by atoms with Crippen LogP contribution >= 0.6 is 0 Å². The van der Waals surface area contributed by atoms with Crippen LogP contribution in [-0.2, 0) is 22.6 Å². The summed E-state index contributed by atoms with van der Waals surface area (Å²) in [5.74, 6) is 0.251. The Bertz CT molecular complexity index is 1280. The molecule has 0 bridgehead atoms. The van der Waals surface area contributed by atoms with Gasteiger partial charge in [0.25, 0.3) is 0 Å². The number of carbonyl (C=O) groups excluding carboxylic acids is 2. The van der Waals surface area contributed by atoms with Crippen LogP contribution in [0, 0.1) is 0 Å². The summed E-state index contributed by atoms with van der Waals surface area (Å²) in [6.07, 6.45) is 1.59. The second-order valence-electron chi connectivity index (χ2n) is 9.82. The highest BCUT2D eigenvalue weighted by Crippen LogP contribution is 2.19. The number of benzene rings is 1. The first-order chi connectivity index (χ1) is 17.2. The highest BCUT2D eigenvalue weighted by atomic mass is 16.6. The van der Waals surface area contributed by atoms with E-state index in [4.69, 9.17) is 4.74 Å². The van der Waals surface area contributed by atoms with E-state index in [1.165, 1.54) is 0 Å². The normalized spacial score (nSPS) is 14.2. The van der Waals surface area contributed by atoms with Crippen LogP contribution in [0.2, 0.25) is 0 Å². The van der Waals surface area contributed by atoms with Crippen molar-refractivity contribution in [2.75, 3.05) is 36.4 Å². The van der Waals surface area contributed by atoms with Gasteiger partial charge in [-0.1, -0.05) is 12.1 Å². The Hall–Kier alpha value is -3.82. The number of fused-ring (bicyclic) bond motifs is 1. The lowest BCUT2D eigenvalue weighted by atomic mass is 10.2. The monoisotopic (exact) mass is 494 g/mol. The van der Waals surface area contributed by atoms with Gasteiger partial charge in [0.15, 0.2) is 0 Å². The fourth-order valence-electron chi connectivity index (χ4n) is 4.33. The maximum Gasteiger partial charge on any atom is 0.410 e. The Labute approximate surface area is 210 Å². The van der Waals surface area contributed by atoms with Crippen LogP contribution in [0.1, 0.15) is 34.1 Å². The smallest absolute Gasteiger partial charge is 0.410 e. The number of ether oxygens (including phenoxy) is 1. The number of pyridine rings is 1. The van der Waals surface area contributed by atoms with Crippen molar-refractivity contribution in [2.24, 2.45) is 0 Å². The maximum atomic E-state index is 12.7. The zero-order chi connectivity index (χ0) is 25.9. The summed E-state index contributed by atoms with van der Waals surface area (Å²) in [5.41, 5.74) is 2.00. The Balaban J connectivity index is 1.30. The molecule has 0 saturated carbocycles. The number of anilines is 2. The minimum atomic E-state index is -0.511. The molecule has 0 radical (unpaired) electrons. The molecule has 1 saturated heterocycles. The lowest BCUT2D eigenvalue weighted by Gasteiger charge is -2.36. The van der Waals surface area contributed by atoms with Crippen molar-refractivity contribution >= 4 is 34.5 Å². The fourth-order valence-corrected chi connectivity index (χ4v) is 4.33. The minimum absolute atomic E-state index is 0.110. The SMILES string of the molecule is CCn1c(=O)n(CCC(=O)Nc2ccc(N3CCN(C(=O)OC(C)(C)C)CC3)cn2)c2ccccc21. The first-order valence-electron chi connectivity index (χ1n) is 12.3. The number of amides is 2. The highest BCUT2D eigenvalue weighted by Gasteiger charge is 2.26. The van der Waals surface area contributed by atoms with Crippen molar-refractivity contribution in [3.05, 3.63) is 53.1 Å². The zero-order valence-corrected chi connectivity index (χ0v) is 21.4. The van der Waals surface area contributed by atoms with E-state index >= 15 is 0 Å². The lowest BCUT2D eigenvalue weighted by molar-refractivity contribution is -0.116. The number of aryl methyl sites for hydroxylation is 2. The number of piperazine rings is 1. The molecule has 36 heavy (non-hydrogen) atoms. The van der Waals surface area contributed by atoms with Gasteiger partial charge in [-0.2, -0.15) is 0 Å². The molecule has 0 unspecified atom stereocenters. The number of imidazole rings is 1. The van der Waals surface area contributed by atoms with Crippen molar-refractivity contribution in [1.29, 1.82) is 0 Å². The van der Waals surface area contributed by atoms with Crippen LogP contribution in [0.3, 0.4) is 0 Å². The van der Waals surface area contributed by atoms with Crippen LogP contribution < -0.4 is 15.9 Å². The average Bonchev–Trinajstić information content (AvgIpc) is 3.12. The van der Waals surface area contributed by atoms with Gasteiger partial charge in [-0.05, 0) is 52.0 Å². The molecule has 192 valence electrons. The Morgan fingerprint density at radius 1 is 1.00 bits per heavy atom. The number of nitrogens with zero attached hydrogens (tertiary/aromatic N) is 5. The molecule has 10 nitrogen and oxygen atoms in total. The summed E-state index contributed by atoms with van der Waals surface area (Å²) >= 11 is 0. The molecule has 1 N–H and O–H groups in total. The van der Waals surface area contributed by atoms with E-state index in [2.05, 4.69) is 15.2 Å². The van der Waals surface area contributed by atoms with Crippen LogP contribution in [0.15, 0.2) is 47.4 Å². The fraction of sp³-hybridized carbons (Fsp3) is 0.462. The Morgan fingerprint density at radius 2 is 1.67 bits per heavy atom. The van der Waals surface area contributed by atoms with Gasteiger partial charge in [-0.25, -0.2) is 14.6 Å². The maximum absolute atomic E-state index is 12.7. The number of aromatic nitrogens is 3. The molecule has 0 atom stereocenters. The third kappa shape index (κ3) is 5.69. The van der Waals surface area contributed by atoms with Gasteiger partial charge in [-0.3, -0.25) is 13.9 Å². The molecule has 4 rings (SSSR count). The lowest BCUT2D eigenvalue weighted by Crippen LogP contribution is -2.50. The van der Waals surface area contributed by atoms with Gasteiger partial charge in [0.2, 0.25) is 5.91 Å². The summed E-state index contributed by atoms with van der Waals surface area (Å²) in [4.78, 5) is 45.8.